The Bertz CT molecular complexity index is 1010. The second-order valence-corrected chi connectivity index (χ2v) is 6.71. The molecule has 1 aliphatic rings. The number of aromatic amines is 1. The number of carbonyl (C=O) groups is 1. The maximum absolute atomic E-state index is 12.4. The largest absolute Gasteiger partial charge is 0.345 e. The fourth-order valence-corrected chi connectivity index (χ4v) is 3.46. The van der Waals surface area contributed by atoms with Crippen LogP contribution in [0.4, 0.5) is 5.95 Å². The molecule has 4 rings (SSSR count). The molecule has 0 aliphatic carbocycles. The van der Waals surface area contributed by atoms with Crippen molar-refractivity contribution in [2.24, 2.45) is 0 Å². The highest BCUT2D eigenvalue weighted by atomic mass is 16.2. The van der Waals surface area contributed by atoms with E-state index in [9.17, 15) is 9.59 Å². The number of hydrogen-bond donors (Lipinski definition) is 1. The van der Waals surface area contributed by atoms with E-state index in [1.807, 2.05) is 10.5 Å². The second-order valence-electron chi connectivity index (χ2n) is 6.71. The van der Waals surface area contributed by atoms with Crippen LogP contribution in [0.2, 0.25) is 0 Å². The molecule has 25 heavy (non-hydrogen) atoms. The number of piperidine rings is 1. The molecule has 3 heterocycles. The van der Waals surface area contributed by atoms with Gasteiger partial charge in [0, 0.05) is 32.7 Å². The highest BCUT2D eigenvalue weighted by Crippen LogP contribution is 2.23. The second kappa shape index (κ2) is 5.91. The van der Waals surface area contributed by atoms with E-state index in [4.69, 9.17) is 0 Å². The van der Waals surface area contributed by atoms with E-state index in [-0.39, 0.29) is 11.5 Å². The summed E-state index contributed by atoms with van der Waals surface area (Å²) in [6.07, 6.45) is 5.09. The average Bonchev–Trinajstić information content (AvgIpc) is 3.07. The summed E-state index contributed by atoms with van der Waals surface area (Å²) in [4.78, 5) is 35.9. The van der Waals surface area contributed by atoms with Gasteiger partial charge in [-0.15, -0.1) is 0 Å². The van der Waals surface area contributed by atoms with Gasteiger partial charge in [-0.2, -0.15) is 0 Å². The van der Waals surface area contributed by atoms with E-state index >= 15 is 0 Å². The minimum absolute atomic E-state index is 0.0686. The number of nitrogens with one attached hydrogen (secondary N) is 1. The molecule has 0 bridgehead atoms. The fourth-order valence-electron chi connectivity index (χ4n) is 3.46. The predicted octanol–water partition coefficient (Wildman–Crippen LogP) is 1.87. The molecule has 1 aliphatic heterocycles. The van der Waals surface area contributed by atoms with Crippen LogP contribution in [0.25, 0.3) is 16.6 Å². The van der Waals surface area contributed by atoms with Gasteiger partial charge in [0.1, 0.15) is 5.52 Å². The van der Waals surface area contributed by atoms with Crippen molar-refractivity contribution in [2.45, 2.75) is 19.3 Å². The number of hydrogen-bond acceptors (Lipinski definition) is 4. The number of nitrogens with zero attached hydrogens (tertiary/aromatic N) is 4. The smallest absolute Gasteiger partial charge is 0.274 e. The molecule has 1 N–H and O–H groups in total. The topological polar surface area (TPSA) is 73.7 Å². The molecule has 0 unspecified atom stereocenters. The quantitative estimate of drug-likeness (QED) is 0.773. The Morgan fingerprint density at radius 3 is 2.64 bits per heavy atom. The number of benzene rings is 1. The van der Waals surface area contributed by atoms with Gasteiger partial charge < -0.3 is 14.8 Å². The number of imidazole rings is 1. The highest BCUT2D eigenvalue weighted by molar-refractivity contribution is 5.97. The first-order valence-electron chi connectivity index (χ1n) is 8.56. The summed E-state index contributed by atoms with van der Waals surface area (Å²) in [5.74, 6) is 0.709. The van der Waals surface area contributed by atoms with Gasteiger partial charge in [0.15, 0.2) is 0 Å². The van der Waals surface area contributed by atoms with Gasteiger partial charge in [-0.05, 0) is 37.5 Å². The molecule has 0 atom stereocenters. The Labute approximate surface area is 144 Å². The molecule has 0 saturated carbocycles. The van der Waals surface area contributed by atoms with Gasteiger partial charge in [-0.1, -0.05) is 0 Å². The van der Waals surface area contributed by atoms with Crippen LogP contribution in [0.5, 0.6) is 0 Å². The zero-order chi connectivity index (χ0) is 17.6. The van der Waals surface area contributed by atoms with Crippen molar-refractivity contribution < 1.29 is 4.79 Å². The number of rotatable bonds is 2. The highest BCUT2D eigenvalue weighted by Gasteiger charge is 2.19. The van der Waals surface area contributed by atoms with Crippen LogP contribution in [-0.2, 0) is 0 Å². The molecular weight excluding hydrogens is 318 g/mol. The molecule has 0 radical (unpaired) electrons. The van der Waals surface area contributed by atoms with E-state index in [1.54, 1.807) is 37.3 Å². The molecule has 1 fully saturated rings. The molecular formula is C18H21N5O2. The lowest BCUT2D eigenvalue weighted by atomic mass is 10.1. The zero-order valence-electron chi connectivity index (χ0n) is 14.5. The molecule has 1 aromatic carbocycles. The Kier molecular flexibility index (Phi) is 3.71. The van der Waals surface area contributed by atoms with E-state index in [0.29, 0.717) is 16.6 Å². The van der Waals surface area contributed by atoms with Crippen LogP contribution in [-0.4, -0.2) is 52.4 Å². The third kappa shape index (κ3) is 2.56. The Morgan fingerprint density at radius 1 is 1.16 bits per heavy atom. The Balaban J connectivity index is 1.98. The summed E-state index contributed by atoms with van der Waals surface area (Å²) in [6.45, 7) is 1.87. The molecule has 1 saturated heterocycles. The summed E-state index contributed by atoms with van der Waals surface area (Å²) in [5, 5.41) is 0. The van der Waals surface area contributed by atoms with Crippen molar-refractivity contribution in [3.8, 4) is 0 Å². The first kappa shape index (κ1) is 15.7. The van der Waals surface area contributed by atoms with Crippen molar-refractivity contribution in [3.05, 3.63) is 40.3 Å². The van der Waals surface area contributed by atoms with Crippen LogP contribution >= 0.6 is 0 Å². The van der Waals surface area contributed by atoms with Gasteiger partial charge >= 0.3 is 0 Å². The lowest BCUT2D eigenvalue weighted by Gasteiger charge is -2.27. The Morgan fingerprint density at radius 2 is 1.92 bits per heavy atom. The van der Waals surface area contributed by atoms with Gasteiger partial charge in [-0.3, -0.25) is 14.0 Å². The van der Waals surface area contributed by atoms with Crippen LogP contribution in [0.1, 0.15) is 29.6 Å². The lowest BCUT2D eigenvalue weighted by molar-refractivity contribution is 0.0827. The number of anilines is 1. The van der Waals surface area contributed by atoms with Crippen LogP contribution in [0, 0.1) is 0 Å². The summed E-state index contributed by atoms with van der Waals surface area (Å²) in [6, 6.07) is 5.35. The first-order valence-corrected chi connectivity index (χ1v) is 8.56. The monoisotopic (exact) mass is 339 g/mol. The van der Waals surface area contributed by atoms with Crippen molar-refractivity contribution in [3.63, 3.8) is 0 Å². The fraction of sp³-hybridized carbons (Fsp3) is 0.389. The SMILES string of the molecule is CN(C)C(=O)c1ccc2[nH]c(=O)c3cnc(N4CCCCC4)n3c2c1. The van der Waals surface area contributed by atoms with Gasteiger partial charge in [0.25, 0.3) is 11.5 Å². The number of carbonyl (C=O) groups excluding carboxylic acids is 1. The lowest BCUT2D eigenvalue weighted by Crippen LogP contribution is -2.31. The molecule has 3 aromatic rings. The molecule has 7 nitrogen and oxygen atoms in total. The molecule has 130 valence electrons. The summed E-state index contributed by atoms with van der Waals surface area (Å²) in [5.41, 5.74) is 2.41. The average molecular weight is 339 g/mol. The maximum atomic E-state index is 12.4. The molecule has 7 heteroatoms. The van der Waals surface area contributed by atoms with Crippen LogP contribution in [0.15, 0.2) is 29.2 Å². The van der Waals surface area contributed by atoms with Crippen molar-refractivity contribution in [2.75, 3.05) is 32.1 Å². The van der Waals surface area contributed by atoms with Gasteiger partial charge in [-0.25, -0.2) is 4.98 Å². The third-order valence-electron chi connectivity index (χ3n) is 4.75. The van der Waals surface area contributed by atoms with Gasteiger partial charge in [0.2, 0.25) is 5.95 Å². The first-order chi connectivity index (χ1) is 12.1. The minimum Gasteiger partial charge on any atom is -0.345 e. The van der Waals surface area contributed by atoms with E-state index in [1.165, 1.54) is 6.42 Å². The molecule has 0 spiro atoms. The van der Waals surface area contributed by atoms with E-state index < -0.39 is 0 Å². The number of amides is 1. The van der Waals surface area contributed by atoms with Crippen molar-refractivity contribution in [1.29, 1.82) is 0 Å². The number of H-pyrrole nitrogens is 1. The summed E-state index contributed by atoms with van der Waals surface area (Å²) >= 11 is 0. The summed E-state index contributed by atoms with van der Waals surface area (Å²) < 4.78 is 1.88. The normalized spacial score (nSPS) is 15.0. The molecule has 2 aromatic heterocycles. The van der Waals surface area contributed by atoms with Crippen molar-refractivity contribution in [1.82, 2.24) is 19.3 Å². The standard InChI is InChI=1S/C18H21N5O2/c1-21(2)17(25)12-6-7-13-14(10-12)23-15(16(24)20-13)11-19-18(23)22-8-4-3-5-9-22/h6-7,10-11H,3-5,8-9H2,1-2H3,(H,20,24). The van der Waals surface area contributed by atoms with Gasteiger partial charge in [0.05, 0.1) is 17.2 Å². The number of aromatic nitrogens is 3. The predicted molar refractivity (Wildman–Crippen MR) is 97.4 cm³/mol. The molecule has 1 amide bonds. The summed E-state index contributed by atoms with van der Waals surface area (Å²) in [7, 11) is 3.46. The zero-order valence-corrected chi connectivity index (χ0v) is 14.5. The van der Waals surface area contributed by atoms with E-state index in [0.717, 1.165) is 37.4 Å². The maximum Gasteiger partial charge on any atom is 0.274 e. The Hall–Kier alpha value is -2.83. The van der Waals surface area contributed by atoms with E-state index in [2.05, 4.69) is 14.9 Å². The van der Waals surface area contributed by atoms with Crippen LogP contribution < -0.4 is 10.5 Å². The number of fused-ring (bicyclic) bond motifs is 3. The third-order valence-corrected chi connectivity index (χ3v) is 4.75. The van der Waals surface area contributed by atoms with Crippen molar-refractivity contribution >= 4 is 28.4 Å². The minimum atomic E-state index is -0.171. The van der Waals surface area contributed by atoms with Crippen LogP contribution in [0.3, 0.4) is 0 Å².